The number of carbonyl (C=O) groups is 2. The highest BCUT2D eigenvalue weighted by Crippen LogP contribution is 2.12. The monoisotopic (exact) mass is 326 g/mol. The van der Waals surface area contributed by atoms with E-state index < -0.39 is 0 Å². The molecule has 0 aliphatic heterocycles. The van der Waals surface area contributed by atoms with Crippen molar-refractivity contribution < 1.29 is 14.3 Å². The number of carbonyl (C=O) groups excluding carboxylic acids is 2. The van der Waals surface area contributed by atoms with Crippen molar-refractivity contribution in [1.82, 2.24) is 10.2 Å². The van der Waals surface area contributed by atoms with Crippen LogP contribution in [0.1, 0.15) is 21.5 Å². The minimum atomic E-state index is -0.127. The summed E-state index contributed by atoms with van der Waals surface area (Å²) < 4.78 is 5.50. The first kappa shape index (κ1) is 17.5. The van der Waals surface area contributed by atoms with Gasteiger partial charge in [-0.15, -0.1) is 0 Å². The lowest BCUT2D eigenvalue weighted by atomic mass is 10.1. The molecule has 0 saturated heterocycles. The van der Waals surface area contributed by atoms with E-state index in [2.05, 4.69) is 5.32 Å². The maximum atomic E-state index is 12.1. The molecule has 0 aliphatic rings. The molecule has 0 spiro atoms. The average Bonchev–Trinajstić information content (AvgIpc) is 2.60. The molecule has 0 fully saturated rings. The second-order valence-corrected chi connectivity index (χ2v) is 5.63. The zero-order valence-electron chi connectivity index (χ0n) is 14.2. The molecular formula is C19H22N2O3. The normalized spacial score (nSPS) is 10.1. The van der Waals surface area contributed by atoms with Crippen LogP contribution in [0.4, 0.5) is 0 Å². The first-order valence-electron chi connectivity index (χ1n) is 7.74. The molecule has 0 unspecified atom stereocenters. The third-order valence-electron chi connectivity index (χ3n) is 3.67. The summed E-state index contributed by atoms with van der Waals surface area (Å²) in [5.74, 6) is 0.445. The second-order valence-electron chi connectivity index (χ2n) is 5.63. The van der Waals surface area contributed by atoms with Crippen LogP contribution in [0.5, 0.6) is 5.75 Å². The van der Waals surface area contributed by atoms with Crippen LogP contribution in [0.25, 0.3) is 0 Å². The molecule has 2 amide bonds. The molecule has 0 heterocycles. The van der Waals surface area contributed by atoms with Crippen molar-refractivity contribution in [2.24, 2.45) is 0 Å². The minimum Gasteiger partial charge on any atom is -0.484 e. The van der Waals surface area contributed by atoms with Crippen molar-refractivity contribution in [3.05, 3.63) is 65.2 Å². The zero-order valence-corrected chi connectivity index (χ0v) is 14.2. The summed E-state index contributed by atoms with van der Waals surface area (Å²) in [6, 6.07) is 14.8. The van der Waals surface area contributed by atoms with Gasteiger partial charge in [-0.1, -0.05) is 29.8 Å². The molecule has 5 heteroatoms. The molecule has 2 aromatic rings. The first-order valence-corrected chi connectivity index (χ1v) is 7.74. The van der Waals surface area contributed by atoms with Gasteiger partial charge in [-0.2, -0.15) is 0 Å². The number of nitrogens with one attached hydrogen (secondary N) is 1. The number of rotatable bonds is 6. The molecule has 0 bridgehead atoms. The van der Waals surface area contributed by atoms with E-state index in [1.54, 1.807) is 31.1 Å². The Bertz CT molecular complexity index is 694. The van der Waals surface area contributed by atoms with Crippen molar-refractivity contribution in [1.29, 1.82) is 0 Å². The number of ether oxygens (including phenoxy) is 1. The predicted octanol–water partition coefficient (Wildman–Crippen LogP) is 2.39. The standard InChI is InChI=1S/C19H22N2O3/c1-14-4-10-17(11-5-14)24-13-18(22)21(3)12-15-6-8-16(9-7-15)19(23)20-2/h4-11H,12-13H2,1-3H3,(H,20,23). The minimum absolute atomic E-state index is 0.00408. The topological polar surface area (TPSA) is 58.6 Å². The van der Waals surface area contributed by atoms with Crippen LogP contribution in [-0.4, -0.2) is 37.4 Å². The molecule has 2 aromatic carbocycles. The van der Waals surface area contributed by atoms with Gasteiger partial charge in [0.1, 0.15) is 5.75 Å². The van der Waals surface area contributed by atoms with Crippen LogP contribution in [-0.2, 0) is 11.3 Å². The SMILES string of the molecule is CNC(=O)c1ccc(CN(C)C(=O)COc2ccc(C)cc2)cc1. The molecule has 1 N–H and O–H groups in total. The van der Waals surface area contributed by atoms with Gasteiger partial charge in [0.25, 0.3) is 11.8 Å². The molecule has 2 rings (SSSR count). The van der Waals surface area contributed by atoms with E-state index in [-0.39, 0.29) is 18.4 Å². The molecule has 0 aliphatic carbocycles. The zero-order chi connectivity index (χ0) is 17.5. The maximum absolute atomic E-state index is 12.1. The van der Waals surface area contributed by atoms with Crippen LogP contribution in [0, 0.1) is 6.92 Å². The van der Waals surface area contributed by atoms with Gasteiger partial charge >= 0.3 is 0 Å². The third-order valence-corrected chi connectivity index (χ3v) is 3.67. The lowest BCUT2D eigenvalue weighted by Crippen LogP contribution is -2.31. The Morgan fingerprint density at radius 3 is 2.25 bits per heavy atom. The van der Waals surface area contributed by atoms with E-state index in [1.165, 1.54) is 0 Å². The van der Waals surface area contributed by atoms with Crippen molar-refractivity contribution in [3.8, 4) is 5.75 Å². The molecule has 0 saturated carbocycles. The number of likely N-dealkylation sites (N-methyl/N-ethyl adjacent to an activating group) is 1. The first-order chi connectivity index (χ1) is 11.5. The van der Waals surface area contributed by atoms with Crippen molar-refractivity contribution >= 4 is 11.8 Å². The van der Waals surface area contributed by atoms with Crippen molar-refractivity contribution in [2.45, 2.75) is 13.5 Å². The number of hydrogen-bond donors (Lipinski definition) is 1. The van der Waals surface area contributed by atoms with Crippen LogP contribution in [0.3, 0.4) is 0 Å². The van der Waals surface area contributed by atoms with Gasteiger partial charge in [-0.05, 0) is 36.8 Å². The summed E-state index contributed by atoms with van der Waals surface area (Å²) in [6.45, 7) is 2.46. The van der Waals surface area contributed by atoms with Gasteiger partial charge in [0.2, 0.25) is 0 Å². The predicted molar refractivity (Wildman–Crippen MR) is 93.0 cm³/mol. The quantitative estimate of drug-likeness (QED) is 0.887. The number of aryl methyl sites for hydroxylation is 1. The number of benzene rings is 2. The highest BCUT2D eigenvalue weighted by Gasteiger charge is 2.11. The van der Waals surface area contributed by atoms with Crippen molar-refractivity contribution in [2.75, 3.05) is 20.7 Å². The summed E-state index contributed by atoms with van der Waals surface area (Å²) in [4.78, 5) is 25.3. The fraction of sp³-hybridized carbons (Fsp3) is 0.263. The Morgan fingerprint density at radius 1 is 1.04 bits per heavy atom. The van der Waals surface area contributed by atoms with Gasteiger partial charge in [-0.25, -0.2) is 0 Å². The van der Waals surface area contributed by atoms with Crippen molar-refractivity contribution in [3.63, 3.8) is 0 Å². The van der Waals surface area contributed by atoms with E-state index >= 15 is 0 Å². The molecular weight excluding hydrogens is 304 g/mol. The van der Waals surface area contributed by atoms with Gasteiger partial charge in [0.15, 0.2) is 6.61 Å². The molecule has 0 atom stereocenters. The molecule has 24 heavy (non-hydrogen) atoms. The fourth-order valence-corrected chi connectivity index (χ4v) is 2.16. The maximum Gasteiger partial charge on any atom is 0.260 e. The highest BCUT2D eigenvalue weighted by atomic mass is 16.5. The molecule has 126 valence electrons. The van der Waals surface area contributed by atoms with E-state index in [1.807, 2.05) is 43.3 Å². The molecule has 0 radical (unpaired) electrons. The van der Waals surface area contributed by atoms with Crippen LogP contribution >= 0.6 is 0 Å². The molecule has 0 aromatic heterocycles. The summed E-state index contributed by atoms with van der Waals surface area (Å²) in [5, 5.41) is 2.58. The van der Waals surface area contributed by atoms with Gasteiger partial charge in [0, 0.05) is 26.2 Å². The van der Waals surface area contributed by atoms with Gasteiger partial charge in [-0.3, -0.25) is 9.59 Å². The highest BCUT2D eigenvalue weighted by molar-refractivity contribution is 5.93. The van der Waals surface area contributed by atoms with Crippen LogP contribution in [0.2, 0.25) is 0 Å². The molecule has 5 nitrogen and oxygen atoms in total. The number of nitrogens with zero attached hydrogens (tertiary/aromatic N) is 1. The Labute approximate surface area is 142 Å². The van der Waals surface area contributed by atoms with E-state index in [9.17, 15) is 9.59 Å². The largest absolute Gasteiger partial charge is 0.484 e. The summed E-state index contributed by atoms with van der Waals surface area (Å²) in [5.41, 5.74) is 2.69. The second kappa shape index (κ2) is 8.15. The van der Waals surface area contributed by atoms with E-state index in [4.69, 9.17) is 4.74 Å². The third kappa shape index (κ3) is 4.84. The Morgan fingerprint density at radius 2 is 1.67 bits per heavy atom. The van der Waals surface area contributed by atoms with Crippen LogP contribution in [0.15, 0.2) is 48.5 Å². The number of hydrogen-bond acceptors (Lipinski definition) is 3. The fourth-order valence-electron chi connectivity index (χ4n) is 2.16. The summed E-state index contributed by atoms with van der Waals surface area (Å²) >= 11 is 0. The van der Waals surface area contributed by atoms with E-state index in [0.29, 0.717) is 17.9 Å². The lowest BCUT2D eigenvalue weighted by molar-refractivity contribution is -0.132. The van der Waals surface area contributed by atoms with Gasteiger partial charge in [0.05, 0.1) is 0 Å². The summed E-state index contributed by atoms with van der Waals surface area (Å²) in [7, 11) is 3.32. The summed E-state index contributed by atoms with van der Waals surface area (Å²) in [6.07, 6.45) is 0. The smallest absolute Gasteiger partial charge is 0.260 e. The Kier molecular flexibility index (Phi) is 5.95. The Hall–Kier alpha value is -2.82. The lowest BCUT2D eigenvalue weighted by Gasteiger charge is -2.18. The average molecular weight is 326 g/mol. The van der Waals surface area contributed by atoms with Gasteiger partial charge < -0.3 is 15.0 Å². The van der Waals surface area contributed by atoms with E-state index in [0.717, 1.165) is 11.1 Å². The Balaban J connectivity index is 1.86. The number of amides is 2. The van der Waals surface area contributed by atoms with Crippen LogP contribution < -0.4 is 10.1 Å².